The molecule has 3 aliphatic carbocycles. The van der Waals surface area contributed by atoms with Gasteiger partial charge in [-0.15, -0.1) is 0 Å². The Morgan fingerprint density at radius 2 is 2.03 bits per heavy atom. The van der Waals surface area contributed by atoms with Crippen LogP contribution in [-0.2, 0) is 17.6 Å². The fourth-order valence-corrected chi connectivity index (χ4v) is 7.07. The number of ketones is 1. The number of aryl methyl sites for hydroxylation is 2. The van der Waals surface area contributed by atoms with E-state index in [0.717, 1.165) is 50.7 Å². The molecule has 30 heavy (non-hydrogen) atoms. The number of carbonyl (C=O) groups is 1. The Balaban J connectivity index is 1.40. The number of phenols is 1. The van der Waals surface area contributed by atoms with E-state index in [1.165, 1.54) is 16.7 Å². The summed E-state index contributed by atoms with van der Waals surface area (Å²) >= 11 is 0. The summed E-state index contributed by atoms with van der Waals surface area (Å²) < 4.78 is 5.39. The van der Waals surface area contributed by atoms with Crippen molar-refractivity contribution in [2.24, 2.45) is 23.2 Å². The number of aromatic hydroxyl groups is 1. The Labute approximate surface area is 179 Å². The van der Waals surface area contributed by atoms with Crippen LogP contribution >= 0.6 is 0 Å². The zero-order chi connectivity index (χ0) is 20.9. The zero-order valence-electron chi connectivity index (χ0n) is 18.1. The third-order valence-corrected chi connectivity index (χ3v) is 8.49. The van der Waals surface area contributed by atoms with E-state index in [1.54, 1.807) is 7.11 Å². The van der Waals surface area contributed by atoms with Gasteiger partial charge in [0.05, 0.1) is 7.11 Å². The Morgan fingerprint density at radius 3 is 2.87 bits per heavy atom. The molecule has 2 saturated carbocycles. The fourth-order valence-electron chi connectivity index (χ4n) is 7.07. The largest absolute Gasteiger partial charge is 0.508 e. The van der Waals surface area contributed by atoms with Crippen molar-refractivity contribution in [3.05, 3.63) is 59.2 Å². The highest BCUT2D eigenvalue weighted by molar-refractivity contribution is 5.87. The Hall–Kier alpha value is -2.29. The molecule has 5 rings (SSSR count). The van der Waals surface area contributed by atoms with Crippen molar-refractivity contribution in [1.29, 1.82) is 0 Å². The van der Waals surface area contributed by atoms with Gasteiger partial charge in [0.2, 0.25) is 0 Å². The van der Waals surface area contributed by atoms with Gasteiger partial charge in [0.1, 0.15) is 17.3 Å². The summed E-state index contributed by atoms with van der Waals surface area (Å²) in [5.41, 5.74) is 3.90. The molecule has 0 saturated heterocycles. The number of hydrogen-bond acceptors (Lipinski definition) is 3. The van der Waals surface area contributed by atoms with E-state index in [4.69, 9.17) is 4.74 Å². The van der Waals surface area contributed by atoms with Gasteiger partial charge in [-0.2, -0.15) is 0 Å². The van der Waals surface area contributed by atoms with Gasteiger partial charge in [-0.3, -0.25) is 4.79 Å². The molecule has 2 aromatic rings. The molecule has 158 valence electrons. The summed E-state index contributed by atoms with van der Waals surface area (Å²) in [4.78, 5) is 13.2. The molecule has 2 aromatic carbocycles. The van der Waals surface area contributed by atoms with E-state index < -0.39 is 0 Å². The van der Waals surface area contributed by atoms with Crippen LogP contribution in [0.3, 0.4) is 0 Å². The van der Waals surface area contributed by atoms with Gasteiger partial charge in [0, 0.05) is 11.8 Å². The molecule has 0 aliphatic heterocycles. The molecule has 0 bridgehead atoms. The Morgan fingerprint density at radius 1 is 1.17 bits per heavy atom. The van der Waals surface area contributed by atoms with Crippen LogP contribution in [0.2, 0.25) is 0 Å². The lowest BCUT2D eigenvalue weighted by Crippen LogP contribution is -2.44. The lowest BCUT2D eigenvalue weighted by molar-refractivity contribution is -0.129. The maximum absolute atomic E-state index is 13.2. The normalized spacial score (nSPS) is 32.3. The number of ether oxygens (including phenoxy) is 1. The van der Waals surface area contributed by atoms with E-state index in [9.17, 15) is 9.90 Å². The maximum atomic E-state index is 13.2. The van der Waals surface area contributed by atoms with Crippen molar-refractivity contribution in [3.8, 4) is 11.5 Å². The second-order valence-corrected chi connectivity index (χ2v) is 9.95. The zero-order valence-corrected chi connectivity index (χ0v) is 18.1. The number of hydrogen-bond donors (Lipinski definition) is 1. The summed E-state index contributed by atoms with van der Waals surface area (Å²) in [5, 5.41) is 9.91. The molecular weight excluding hydrogens is 372 g/mol. The van der Waals surface area contributed by atoms with Crippen molar-refractivity contribution in [2.45, 2.75) is 57.8 Å². The summed E-state index contributed by atoms with van der Waals surface area (Å²) in [6.45, 7) is 2.26. The first-order chi connectivity index (χ1) is 14.5. The van der Waals surface area contributed by atoms with Crippen LogP contribution < -0.4 is 4.74 Å². The van der Waals surface area contributed by atoms with Crippen LogP contribution in [0.4, 0.5) is 0 Å². The highest BCUT2D eigenvalue weighted by Crippen LogP contribution is 2.62. The predicted molar refractivity (Wildman–Crippen MR) is 118 cm³/mol. The van der Waals surface area contributed by atoms with Crippen molar-refractivity contribution in [1.82, 2.24) is 0 Å². The molecule has 0 heterocycles. The molecule has 0 amide bonds. The molecule has 5 atom stereocenters. The SMILES string of the molecule is COc1cccc(CC[C@H]2CC(=O)[C@@]3(C)CC[C@@H]4c5ccc(O)cc5CC[C@H]4[C@H]23)c1. The third kappa shape index (κ3) is 3.14. The summed E-state index contributed by atoms with van der Waals surface area (Å²) in [6, 6.07) is 14.3. The van der Waals surface area contributed by atoms with Crippen molar-refractivity contribution >= 4 is 5.78 Å². The van der Waals surface area contributed by atoms with Crippen molar-refractivity contribution in [2.75, 3.05) is 7.11 Å². The summed E-state index contributed by atoms with van der Waals surface area (Å²) in [6.07, 6.45) is 7.10. The first-order valence-electron chi connectivity index (χ1n) is 11.5. The monoisotopic (exact) mass is 404 g/mol. The van der Waals surface area contributed by atoms with Crippen molar-refractivity contribution < 1.29 is 14.6 Å². The van der Waals surface area contributed by atoms with E-state index in [0.29, 0.717) is 35.2 Å². The number of Topliss-reactive ketones (excluding diaryl/α,β-unsaturated/α-hetero) is 1. The third-order valence-electron chi connectivity index (χ3n) is 8.49. The minimum Gasteiger partial charge on any atom is -0.508 e. The van der Waals surface area contributed by atoms with Crippen LogP contribution in [0.15, 0.2) is 42.5 Å². The van der Waals surface area contributed by atoms with E-state index in [2.05, 4.69) is 31.2 Å². The number of methoxy groups -OCH3 is 1. The van der Waals surface area contributed by atoms with E-state index >= 15 is 0 Å². The Bertz CT molecular complexity index is 964. The molecule has 3 heteroatoms. The highest BCUT2D eigenvalue weighted by Gasteiger charge is 2.58. The standard InChI is InChI=1S/C27H32O3/c1-27-13-12-23-22-11-9-20(28)15-18(22)8-10-24(23)26(27)19(16-25(27)29)7-6-17-4-3-5-21(14-17)30-2/h3-5,9,11,14-15,19,23-24,26,28H,6-8,10,12-13,16H2,1-2H3/t19-,23+,24+,26-,27+/m0/s1. The van der Waals surface area contributed by atoms with Crippen LogP contribution in [-0.4, -0.2) is 18.0 Å². The topological polar surface area (TPSA) is 46.5 Å². The molecule has 3 nitrogen and oxygen atoms in total. The van der Waals surface area contributed by atoms with Gasteiger partial charge in [0.25, 0.3) is 0 Å². The summed E-state index contributed by atoms with van der Waals surface area (Å²) in [7, 11) is 1.71. The minimum absolute atomic E-state index is 0.144. The lowest BCUT2D eigenvalue weighted by atomic mass is 9.54. The number of rotatable bonds is 4. The molecule has 0 spiro atoms. The second-order valence-electron chi connectivity index (χ2n) is 9.95. The van der Waals surface area contributed by atoms with Gasteiger partial charge >= 0.3 is 0 Å². The molecule has 0 radical (unpaired) electrons. The number of carbonyl (C=O) groups excluding carboxylic acids is 1. The average Bonchev–Trinajstić information content (AvgIpc) is 3.02. The van der Waals surface area contributed by atoms with Gasteiger partial charge in [-0.25, -0.2) is 0 Å². The predicted octanol–water partition coefficient (Wildman–Crippen LogP) is 5.68. The van der Waals surface area contributed by atoms with Gasteiger partial charge in [-0.1, -0.05) is 25.1 Å². The fraction of sp³-hybridized carbons (Fsp3) is 0.519. The molecule has 0 aromatic heterocycles. The second kappa shape index (κ2) is 7.44. The highest BCUT2D eigenvalue weighted by atomic mass is 16.5. The van der Waals surface area contributed by atoms with Crippen LogP contribution in [0.5, 0.6) is 11.5 Å². The smallest absolute Gasteiger partial charge is 0.139 e. The maximum Gasteiger partial charge on any atom is 0.139 e. The van der Waals surface area contributed by atoms with Gasteiger partial charge in [0.15, 0.2) is 0 Å². The molecule has 2 fully saturated rings. The lowest BCUT2D eigenvalue weighted by Gasteiger charge is -2.50. The quantitative estimate of drug-likeness (QED) is 0.713. The Kier molecular flexibility index (Phi) is 4.88. The van der Waals surface area contributed by atoms with Crippen molar-refractivity contribution in [3.63, 3.8) is 0 Å². The number of benzene rings is 2. The van der Waals surface area contributed by atoms with E-state index in [1.807, 2.05) is 18.2 Å². The summed E-state index contributed by atoms with van der Waals surface area (Å²) in [5.74, 6) is 3.86. The first-order valence-corrected chi connectivity index (χ1v) is 11.5. The minimum atomic E-state index is -0.144. The molecule has 3 aliphatic rings. The molecule has 0 unspecified atom stereocenters. The van der Waals surface area contributed by atoms with Gasteiger partial charge < -0.3 is 9.84 Å². The van der Waals surface area contributed by atoms with Crippen LogP contribution in [0.25, 0.3) is 0 Å². The average molecular weight is 405 g/mol. The molecule has 1 N–H and O–H groups in total. The van der Waals surface area contributed by atoms with Crippen LogP contribution in [0, 0.1) is 23.2 Å². The first kappa shape index (κ1) is 19.7. The number of fused-ring (bicyclic) bond motifs is 5. The number of phenolic OH excluding ortho intramolecular Hbond substituents is 1. The van der Waals surface area contributed by atoms with Gasteiger partial charge in [-0.05, 0) is 103 Å². The van der Waals surface area contributed by atoms with E-state index in [-0.39, 0.29) is 5.41 Å². The van der Waals surface area contributed by atoms with Crippen LogP contribution in [0.1, 0.15) is 61.6 Å². The molecular formula is C27H32O3.